The quantitative estimate of drug-likeness (QED) is 0.383. The zero-order chi connectivity index (χ0) is 12.0. The number of nitrogens with zero attached hydrogens (tertiary/aromatic N) is 2. The Balaban J connectivity index is 2.42. The van der Waals surface area contributed by atoms with Crippen LogP contribution in [0.2, 0.25) is 0 Å². The number of rotatable bonds is 6. The topological polar surface area (TPSA) is 107 Å². The molecule has 0 bridgehead atoms. The number of aliphatic hydroxyl groups excluding tert-OH is 1. The Morgan fingerprint density at radius 1 is 1.50 bits per heavy atom. The highest BCUT2D eigenvalue weighted by molar-refractivity contribution is 5.85. The van der Waals surface area contributed by atoms with Crippen LogP contribution in [-0.4, -0.2) is 45.5 Å². The van der Waals surface area contributed by atoms with Gasteiger partial charge in [0.05, 0.1) is 0 Å². The number of aromatic nitrogens is 2. The van der Waals surface area contributed by atoms with Gasteiger partial charge in [0.15, 0.2) is 5.69 Å². The predicted molar refractivity (Wildman–Crippen MR) is 57.2 cm³/mol. The number of carbonyl (C=O) groups is 1. The van der Waals surface area contributed by atoms with Crippen molar-refractivity contribution in [3.63, 3.8) is 0 Å². The summed E-state index contributed by atoms with van der Waals surface area (Å²) in [6.45, 7) is 2.69. The third-order valence-electron chi connectivity index (χ3n) is 1.76. The number of carboxylic acids is 1. The van der Waals surface area contributed by atoms with Crippen LogP contribution in [0.25, 0.3) is 0 Å². The van der Waals surface area contributed by atoms with Gasteiger partial charge in [-0.15, -0.1) is 0 Å². The fourth-order valence-corrected chi connectivity index (χ4v) is 1.04. The summed E-state index contributed by atoms with van der Waals surface area (Å²) in [6, 6.07) is 1.35. The van der Waals surface area contributed by atoms with Gasteiger partial charge in [0.1, 0.15) is 18.4 Å². The largest absolute Gasteiger partial charge is 0.477 e. The van der Waals surface area contributed by atoms with Crippen LogP contribution in [0.4, 0.5) is 5.82 Å². The zero-order valence-electron chi connectivity index (χ0n) is 8.84. The molecule has 0 aliphatic carbocycles. The van der Waals surface area contributed by atoms with Crippen molar-refractivity contribution in [3.05, 3.63) is 18.1 Å². The molecule has 7 nitrogen and oxygen atoms in total. The summed E-state index contributed by atoms with van der Waals surface area (Å²) in [5.74, 6) is -0.646. The summed E-state index contributed by atoms with van der Waals surface area (Å²) in [5.41, 5.74) is -0.0546. The summed E-state index contributed by atoms with van der Waals surface area (Å²) >= 11 is 0. The van der Waals surface area contributed by atoms with Crippen molar-refractivity contribution in [3.8, 4) is 0 Å². The average molecular weight is 226 g/mol. The first-order chi connectivity index (χ1) is 7.59. The van der Waals surface area contributed by atoms with Gasteiger partial charge in [-0.25, -0.2) is 14.8 Å². The first kappa shape index (κ1) is 12.3. The van der Waals surface area contributed by atoms with Gasteiger partial charge in [0.2, 0.25) is 0 Å². The van der Waals surface area contributed by atoms with Crippen LogP contribution in [0.5, 0.6) is 0 Å². The van der Waals surface area contributed by atoms with Crippen molar-refractivity contribution in [1.82, 2.24) is 15.3 Å². The predicted octanol–water partition coefficient (Wildman–Crippen LogP) is -0.485. The maximum absolute atomic E-state index is 10.6. The molecule has 0 fully saturated rings. The van der Waals surface area contributed by atoms with E-state index in [9.17, 15) is 4.79 Å². The van der Waals surface area contributed by atoms with Gasteiger partial charge in [-0.1, -0.05) is 0 Å². The second kappa shape index (κ2) is 5.99. The van der Waals surface area contributed by atoms with Crippen LogP contribution >= 0.6 is 0 Å². The van der Waals surface area contributed by atoms with Crippen molar-refractivity contribution in [2.75, 3.05) is 18.4 Å². The van der Waals surface area contributed by atoms with E-state index in [4.69, 9.17) is 10.2 Å². The van der Waals surface area contributed by atoms with Gasteiger partial charge in [-0.05, 0) is 6.92 Å². The lowest BCUT2D eigenvalue weighted by atomic mass is 10.4. The van der Waals surface area contributed by atoms with Gasteiger partial charge in [-0.2, -0.15) is 0 Å². The van der Waals surface area contributed by atoms with E-state index in [1.54, 1.807) is 6.92 Å². The van der Waals surface area contributed by atoms with Crippen LogP contribution in [0, 0.1) is 0 Å². The molecule has 0 amide bonds. The van der Waals surface area contributed by atoms with E-state index in [-0.39, 0.29) is 5.69 Å². The number of aliphatic hydroxyl groups is 1. The normalized spacial score (nSPS) is 12.1. The fourth-order valence-electron chi connectivity index (χ4n) is 1.04. The minimum absolute atomic E-state index is 0.0546. The third-order valence-corrected chi connectivity index (χ3v) is 1.76. The van der Waals surface area contributed by atoms with Gasteiger partial charge >= 0.3 is 5.97 Å². The highest BCUT2D eigenvalue weighted by Crippen LogP contribution is 2.02. The van der Waals surface area contributed by atoms with Gasteiger partial charge < -0.3 is 15.5 Å². The number of anilines is 1. The third kappa shape index (κ3) is 4.20. The Morgan fingerprint density at radius 2 is 2.25 bits per heavy atom. The molecule has 1 rings (SSSR count). The highest BCUT2D eigenvalue weighted by Gasteiger charge is 2.05. The molecule has 0 aliphatic heterocycles. The maximum Gasteiger partial charge on any atom is 0.354 e. The second-order valence-electron chi connectivity index (χ2n) is 3.15. The van der Waals surface area contributed by atoms with Crippen LogP contribution in [0.1, 0.15) is 17.4 Å². The number of nitrogens with one attached hydrogen (secondary N) is 2. The molecular weight excluding hydrogens is 212 g/mol. The summed E-state index contributed by atoms with van der Waals surface area (Å²) in [7, 11) is 0. The van der Waals surface area contributed by atoms with E-state index < -0.39 is 12.2 Å². The molecule has 1 aromatic rings. The van der Waals surface area contributed by atoms with Crippen LogP contribution in [-0.2, 0) is 0 Å². The highest BCUT2D eigenvalue weighted by atomic mass is 16.4. The van der Waals surface area contributed by atoms with E-state index in [2.05, 4.69) is 20.6 Å². The lowest BCUT2D eigenvalue weighted by Gasteiger charge is -2.08. The molecule has 4 N–H and O–H groups in total. The summed E-state index contributed by atoms with van der Waals surface area (Å²) < 4.78 is 0. The van der Waals surface area contributed by atoms with Crippen molar-refractivity contribution >= 4 is 11.8 Å². The van der Waals surface area contributed by atoms with Crippen LogP contribution in [0.15, 0.2) is 12.4 Å². The Bertz CT molecular complexity index is 356. The van der Waals surface area contributed by atoms with Gasteiger partial charge in [0.25, 0.3) is 0 Å². The molecule has 1 aromatic heterocycles. The molecule has 0 spiro atoms. The lowest BCUT2D eigenvalue weighted by Crippen LogP contribution is -2.30. The smallest absolute Gasteiger partial charge is 0.354 e. The maximum atomic E-state index is 10.6. The molecule has 7 heteroatoms. The number of hydrogen-bond acceptors (Lipinski definition) is 6. The van der Waals surface area contributed by atoms with E-state index in [1.807, 2.05) is 0 Å². The van der Waals surface area contributed by atoms with Crippen molar-refractivity contribution in [2.45, 2.75) is 13.2 Å². The monoisotopic (exact) mass is 226 g/mol. The van der Waals surface area contributed by atoms with Gasteiger partial charge in [-0.3, -0.25) is 5.32 Å². The Hall–Kier alpha value is -1.73. The summed E-state index contributed by atoms with van der Waals surface area (Å²) in [5, 5.41) is 23.3. The number of carboxylic acid groups (broad SMARTS) is 1. The molecule has 1 unspecified atom stereocenters. The molecule has 0 radical (unpaired) electrons. The molecule has 0 saturated carbocycles. The van der Waals surface area contributed by atoms with Crippen LogP contribution < -0.4 is 10.6 Å². The first-order valence-corrected chi connectivity index (χ1v) is 4.80. The number of aromatic carboxylic acids is 1. The van der Waals surface area contributed by atoms with Crippen molar-refractivity contribution in [2.24, 2.45) is 0 Å². The second-order valence-corrected chi connectivity index (χ2v) is 3.15. The molecule has 88 valence electrons. The Kier molecular flexibility index (Phi) is 4.62. The fraction of sp³-hybridized carbons (Fsp3) is 0.444. The molecule has 0 aromatic carbocycles. The summed E-state index contributed by atoms with van der Waals surface area (Å²) in [6.07, 6.45) is 0.621. The standard InChI is InChI=1S/C9H14N4O3/c1-6(14)10-2-3-11-8-4-7(9(15)16)12-5-13-8/h4-6,10,14H,2-3H2,1H3,(H,15,16)(H,11,12,13). The van der Waals surface area contributed by atoms with Crippen molar-refractivity contribution < 1.29 is 15.0 Å². The van der Waals surface area contributed by atoms with Crippen molar-refractivity contribution in [1.29, 1.82) is 0 Å². The van der Waals surface area contributed by atoms with Crippen LogP contribution in [0.3, 0.4) is 0 Å². The molecule has 1 heterocycles. The minimum Gasteiger partial charge on any atom is -0.477 e. The first-order valence-electron chi connectivity index (χ1n) is 4.80. The van der Waals surface area contributed by atoms with E-state index in [0.29, 0.717) is 18.9 Å². The molecule has 1 atom stereocenters. The number of hydrogen-bond donors (Lipinski definition) is 4. The average Bonchev–Trinajstić information content (AvgIpc) is 2.24. The zero-order valence-corrected chi connectivity index (χ0v) is 8.84. The molecule has 0 saturated heterocycles. The van der Waals surface area contributed by atoms with Gasteiger partial charge in [0, 0.05) is 19.2 Å². The SMILES string of the molecule is CC(O)NCCNc1cc(C(=O)O)ncn1. The van der Waals surface area contributed by atoms with E-state index in [1.165, 1.54) is 12.4 Å². The molecule has 0 aliphatic rings. The summed E-state index contributed by atoms with van der Waals surface area (Å²) in [4.78, 5) is 18.1. The molecule has 16 heavy (non-hydrogen) atoms. The van der Waals surface area contributed by atoms with E-state index >= 15 is 0 Å². The Labute approximate surface area is 92.5 Å². The lowest BCUT2D eigenvalue weighted by molar-refractivity contribution is 0.0690. The molecular formula is C9H14N4O3. The minimum atomic E-state index is -1.09. The Morgan fingerprint density at radius 3 is 2.88 bits per heavy atom. The van der Waals surface area contributed by atoms with E-state index in [0.717, 1.165) is 0 Å².